The Labute approximate surface area is 93.0 Å². The molecule has 0 bridgehead atoms. The molecule has 1 fully saturated rings. The number of amides is 1. The third-order valence-electron chi connectivity index (χ3n) is 3.49. The van der Waals surface area contributed by atoms with E-state index in [9.17, 15) is 4.79 Å². The number of likely N-dealkylation sites (tertiary alicyclic amines) is 1. The van der Waals surface area contributed by atoms with Gasteiger partial charge in [-0.3, -0.25) is 4.79 Å². The van der Waals surface area contributed by atoms with Crippen LogP contribution in [0.15, 0.2) is 0 Å². The summed E-state index contributed by atoms with van der Waals surface area (Å²) < 4.78 is 0. The van der Waals surface area contributed by atoms with Gasteiger partial charge in [0.25, 0.3) is 0 Å². The van der Waals surface area contributed by atoms with E-state index in [1.165, 1.54) is 0 Å². The highest BCUT2D eigenvalue weighted by atomic mass is 16.2. The molecule has 0 radical (unpaired) electrons. The zero-order valence-corrected chi connectivity index (χ0v) is 10.5. The van der Waals surface area contributed by atoms with Gasteiger partial charge in [0.05, 0.1) is 5.41 Å². The van der Waals surface area contributed by atoms with Crippen LogP contribution in [0.3, 0.4) is 0 Å². The molecule has 1 aliphatic heterocycles. The molecule has 1 heterocycles. The molecular formula is C12H24N2O. The minimum absolute atomic E-state index is 0.209. The molecule has 0 aliphatic carbocycles. The summed E-state index contributed by atoms with van der Waals surface area (Å²) in [5.41, 5.74) is 5.61. The smallest absolute Gasteiger partial charge is 0.229 e. The van der Waals surface area contributed by atoms with E-state index in [0.29, 0.717) is 12.0 Å². The van der Waals surface area contributed by atoms with E-state index in [4.69, 9.17) is 5.73 Å². The van der Waals surface area contributed by atoms with Gasteiger partial charge in [-0.25, -0.2) is 0 Å². The number of nitrogens with two attached hydrogens (primary N) is 1. The fraction of sp³-hybridized carbons (Fsp3) is 0.917. The number of nitrogens with zero attached hydrogens (tertiary/aromatic N) is 1. The Hall–Kier alpha value is -0.570. The number of carbonyl (C=O) groups is 1. The maximum Gasteiger partial charge on any atom is 0.229 e. The summed E-state index contributed by atoms with van der Waals surface area (Å²) in [5, 5.41) is 0. The standard InChI is InChI=1S/C12H24N2O/c1-11(2)5-7-14(8-6-11)10(15)12(3,4)9-13/h5-9,13H2,1-4H3. The average molecular weight is 212 g/mol. The van der Waals surface area contributed by atoms with Gasteiger partial charge in [0.1, 0.15) is 0 Å². The van der Waals surface area contributed by atoms with Gasteiger partial charge in [-0.1, -0.05) is 13.8 Å². The van der Waals surface area contributed by atoms with E-state index in [-0.39, 0.29) is 5.91 Å². The monoisotopic (exact) mass is 212 g/mol. The van der Waals surface area contributed by atoms with Gasteiger partial charge >= 0.3 is 0 Å². The van der Waals surface area contributed by atoms with Crippen LogP contribution in [0.1, 0.15) is 40.5 Å². The molecule has 0 aromatic carbocycles. The minimum atomic E-state index is -0.401. The summed E-state index contributed by atoms with van der Waals surface area (Å²) in [6, 6.07) is 0. The second-order valence-electron chi connectivity index (χ2n) is 6.04. The van der Waals surface area contributed by atoms with Gasteiger partial charge in [0.15, 0.2) is 0 Å². The summed E-state index contributed by atoms with van der Waals surface area (Å²) >= 11 is 0. The summed E-state index contributed by atoms with van der Waals surface area (Å²) in [4.78, 5) is 14.1. The van der Waals surface area contributed by atoms with Gasteiger partial charge in [-0.05, 0) is 32.1 Å². The van der Waals surface area contributed by atoms with Crippen molar-refractivity contribution in [3.8, 4) is 0 Å². The zero-order valence-electron chi connectivity index (χ0n) is 10.5. The molecule has 3 nitrogen and oxygen atoms in total. The molecule has 1 rings (SSSR count). The van der Waals surface area contributed by atoms with E-state index in [2.05, 4.69) is 13.8 Å². The molecule has 3 heteroatoms. The maximum absolute atomic E-state index is 12.1. The quantitative estimate of drug-likeness (QED) is 0.756. The Morgan fingerprint density at radius 3 is 2.20 bits per heavy atom. The van der Waals surface area contributed by atoms with Crippen molar-refractivity contribution in [2.75, 3.05) is 19.6 Å². The van der Waals surface area contributed by atoms with E-state index in [0.717, 1.165) is 25.9 Å². The van der Waals surface area contributed by atoms with Crippen LogP contribution in [0.25, 0.3) is 0 Å². The maximum atomic E-state index is 12.1. The number of rotatable bonds is 2. The lowest BCUT2D eigenvalue weighted by atomic mass is 9.81. The second kappa shape index (κ2) is 4.12. The Morgan fingerprint density at radius 1 is 1.33 bits per heavy atom. The Morgan fingerprint density at radius 2 is 1.80 bits per heavy atom. The van der Waals surface area contributed by atoms with Crippen LogP contribution < -0.4 is 5.73 Å². The van der Waals surface area contributed by atoms with Crippen molar-refractivity contribution in [1.29, 1.82) is 0 Å². The summed E-state index contributed by atoms with van der Waals surface area (Å²) in [5.74, 6) is 0.209. The second-order valence-corrected chi connectivity index (χ2v) is 6.04. The first-order chi connectivity index (χ1) is 6.78. The lowest BCUT2D eigenvalue weighted by molar-refractivity contribution is -0.141. The van der Waals surface area contributed by atoms with Crippen molar-refractivity contribution in [3.63, 3.8) is 0 Å². The molecule has 2 N–H and O–H groups in total. The molecule has 0 unspecified atom stereocenters. The number of hydrogen-bond acceptors (Lipinski definition) is 2. The van der Waals surface area contributed by atoms with E-state index in [1.807, 2.05) is 18.7 Å². The van der Waals surface area contributed by atoms with Crippen molar-refractivity contribution < 1.29 is 4.79 Å². The highest BCUT2D eigenvalue weighted by Gasteiger charge is 2.34. The SMILES string of the molecule is CC1(C)CCN(C(=O)C(C)(C)CN)CC1. The van der Waals surface area contributed by atoms with Crippen molar-refractivity contribution in [2.24, 2.45) is 16.6 Å². The van der Waals surface area contributed by atoms with Crippen molar-refractivity contribution in [3.05, 3.63) is 0 Å². The van der Waals surface area contributed by atoms with E-state index < -0.39 is 5.41 Å². The predicted molar refractivity (Wildman–Crippen MR) is 62.4 cm³/mol. The van der Waals surface area contributed by atoms with Crippen LogP contribution in [-0.4, -0.2) is 30.4 Å². The van der Waals surface area contributed by atoms with Gasteiger partial charge in [0, 0.05) is 19.6 Å². The largest absolute Gasteiger partial charge is 0.342 e. The fourth-order valence-electron chi connectivity index (χ4n) is 1.83. The van der Waals surface area contributed by atoms with Crippen LogP contribution in [0, 0.1) is 10.8 Å². The molecule has 0 atom stereocenters. The Bertz CT molecular complexity index is 236. The molecule has 1 aliphatic rings. The highest BCUT2D eigenvalue weighted by Crippen LogP contribution is 2.31. The fourth-order valence-corrected chi connectivity index (χ4v) is 1.83. The number of hydrogen-bond donors (Lipinski definition) is 1. The van der Waals surface area contributed by atoms with Crippen LogP contribution >= 0.6 is 0 Å². The Kier molecular flexibility index (Phi) is 3.44. The molecule has 1 amide bonds. The third-order valence-corrected chi connectivity index (χ3v) is 3.49. The first-order valence-electron chi connectivity index (χ1n) is 5.78. The molecule has 0 aromatic rings. The van der Waals surface area contributed by atoms with Gasteiger partial charge in [-0.2, -0.15) is 0 Å². The normalized spacial score (nSPS) is 21.5. The Balaban J connectivity index is 2.58. The van der Waals surface area contributed by atoms with Crippen molar-refractivity contribution >= 4 is 5.91 Å². The van der Waals surface area contributed by atoms with Crippen LogP contribution in [-0.2, 0) is 4.79 Å². The summed E-state index contributed by atoms with van der Waals surface area (Å²) in [7, 11) is 0. The average Bonchev–Trinajstić information content (AvgIpc) is 2.17. The van der Waals surface area contributed by atoms with Crippen molar-refractivity contribution in [1.82, 2.24) is 4.90 Å². The molecule has 88 valence electrons. The van der Waals surface area contributed by atoms with Crippen LogP contribution in [0.2, 0.25) is 0 Å². The van der Waals surface area contributed by atoms with E-state index in [1.54, 1.807) is 0 Å². The summed E-state index contributed by atoms with van der Waals surface area (Å²) in [6.45, 7) is 10.6. The molecule has 0 spiro atoms. The molecule has 0 saturated carbocycles. The van der Waals surface area contributed by atoms with Crippen LogP contribution in [0.5, 0.6) is 0 Å². The zero-order chi connectivity index (χ0) is 11.7. The molecule has 0 aromatic heterocycles. The van der Waals surface area contributed by atoms with Crippen molar-refractivity contribution in [2.45, 2.75) is 40.5 Å². The van der Waals surface area contributed by atoms with E-state index >= 15 is 0 Å². The molecular weight excluding hydrogens is 188 g/mol. The first-order valence-corrected chi connectivity index (χ1v) is 5.78. The lowest BCUT2D eigenvalue weighted by Gasteiger charge is -2.40. The first kappa shape index (κ1) is 12.5. The number of carbonyl (C=O) groups excluding carboxylic acids is 1. The van der Waals surface area contributed by atoms with Gasteiger partial charge < -0.3 is 10.6 Å². The predicted octanol–water partition coefficient (Wildman–Crippen LogP) is 1.62. The molecule has 1 saturated heterocycles. The number of piperidine rings is 1. The molecule has 15 heavy (non-hydrogen) atoms. The lowest BCUT2D eigenvalue weighted by Crippen LogP contribution is -2.49. The minimum Gasteiger partial charge on any atom is -0.342 e. The summed E-state index contributed by atoms with van der Waals surface area (Å²) in [6.07, 6.45) is 2.19. The highest BCUT2D eigenvalue weighted by molar-refractivity contribution is 5.82. The topological polar surface area (TPSA) is 46.3 Å². The van der Waals surface area contributed by atoms with Gasteiger partial charge in [-0.15, -0.1) is 0 Å². The van der Waals surface area contributed by atoms with Gasteiger partial charge in [0.2, 0.25) is 5.91 Å². The third kappa shape index (κ3) is 2.94. The van der Waals surface area contributed by atoms with Crippen LogP contribution in [0.4, 0.5) is 0 Å².